The fourth-order valence-electron chi connectivity index (χ4n) is 1.66. The van der Waals surface area contributed by atoms with Crippen molar-refractivity contribution in [1.82, 2.24) is 4.90 Å². The first kappa shape index (κ1) is 15.9. The number of carboxylic acid groups (broad SMARTS) is 1. The Morgan fingerprint density at radius 1 is 1.35 bits per heavy atom. The molecule has 0 atom stereocenters. The van der Waals surface area contributed by atoms with E-state index in [2.05, 4.69) is 12.2 Å². The maximum absolute atomic E-state index is 13.6. The summed E-state index contributed by atoms with van der Waals surface area (Å²) in [6, 6.07) is 2.96. The Morgan fingerprint density at radius 2 is 2.05 bits per heavy atom. The zero-order chi connectivity index (χ0) is 15.1. The van der Waals surface area contributed by atoms with Crippen molar-refractivity contribution in [3.8, 4) is 0 Å². The van der Waals surface area contributed by atoms with Crippen LogP contribution in [0.1, 0.15) is 36.5 Å². The number of carboxylic acids is 1. The first-order valence-electron chi connectivity index (χ1n) is 6.50. The Labute approximate surface area is 117 Å². The summed E-state index contributed by atoms with van der Waals surface area (Å²) in [6.45, 7) is 2.66. The minimum absolute atomic E-state index is 0.0256. The van der Waals surface area contributed by atoms with Crippen molar-refractivity contribution in [3.05, 3.63) is 29.6 Å². The monoisotopic (exact) mass is 282 g/mol. The van der Waals surface area contributed by atoms with Gasteiger partial charge in [-0.3, -0.25) is 0 Å². The topological polar surface area (TPSA) is 69.6 Å². The normalized spacial score (nSPS) is 10.2. The maximum atomic E-state index is 13.6. The van der Waals surface area contributed by atoms with Gasteiger partial charge >= 0.3 is 12.0 Å². The second-order valence-electron chi connectivity index (χ2n) is 4.56. The van der Waals surface area contributed by atoms with Crippen molar-refractivity contribution in [3.63, 3.8) is 0 Å². The molecule has 0 aromatic heterocycles. The summed E-state index contributed by atoms with van der Waals surface area (Å²) in [5, 5.41) is 11.2. The van der Waals surface area contributed by atoms with Crippen LogP contribution in [0.2, 0.25) is 0 Å². The van der Waals surface area contributed by atoms with Crippen molar-refractivity contribution in [2.75, 3.05) is 18.9 Å². The zero-order valence-electron chi connectivity index (χ0n) is 11.6. The molecular weight excluding hydrogens is 263 g/mol. The summed E-state index contributed by atoms with van der Waals surface area (Å²) in [5.74, 6) is -1.97. The van der Waals surface area contributed by atoms with E-state index in [9.17, 15) is 14.0 Å². The van der Waals surface area contributed by atoms with Gasteiger partial charge in [0, 0.05) is 13.6 Å². The number of carbonyl (C=O) groups is 2. The number of anilines is 1. The van der Waals surface area contributed by atoms with E-state index in [4.69, 9.17) is 5.11 Å². The number of hydrogen-bond donors (Lipinski definition) is 2. The largest absolute Gasteiger partial charge is 0.478 e. The van der Waals surface area contributed by atoms with Gasteiger partial charge in [0.15, 0.2) is 0 Å². The van der Waals surface area contributed by atoms with Crippen LogP contribution in [0.3, 0.4) is 0 Å². The van der Waals surface area contributed by atoms with E-state index in [1.165, 1.54) is 17.0 Å². The van der Waals surface area contributed by atoms with Crippen LogP contribution in [0.15, 0.2) is 18.2 Å². The van der Waals surface area contributed by atoms with Gasteiger partial charge in [0.25, 0.3) is 0 Å². The molecule has 0 bridgehead atoms. The lowest BCUT2D eigenvalue weighted by atomic mass is 10.2. The maximum Gasteiger partial charge on any atom is 0.335 e. The van der Waals surface area contributed by atoms with Crippen molar-refractivity contribution in [1.29, 1.82) is 0 Å². The lowest BCUT2D eigenvalue weighted by Gasteiger charge is -2.18. The van der Waals surface area contributed by atoms with Gasteiger partial charge in [-0.1, -0.05) is 19.8 Å². The minimum Gasteiger partial charge on any atom is -0.478 e. The van der Waals surface area contributed by atoms with Gasteiger partial charge in [-0.15, -0.1) is 0 Å². The molecule has 1 aromatic carbocycles. The molecule has 0 saturated carbocycles. The Bertz CT molecular complexity index is 491. The van der Waals surface area contributed by atoms with E-state index in [1.54, 1.807) is 7.05 Å². The molecule has 20 heavy (non-hydrogen) atoms. The lowest BCUT2D eigenvalue weighted by Crippen LogP contribution is -2.32. The van der Waals surface area contributed by atoms with Gasteiger partial charge in [-0.05, 0) is 24.6 Å². The highest BCUT2D eigenvalue weighted by Gasteiger charge is 2.13. The molecule has 6 heteroatoms. The zero-order valence-corrected chi connectivity index (χ0v) is 11.6. The van der Waals surface area contributed by atoms with Crippen LogP contribution < -0.4 is 5.32 Å². The summed E-state index contributed by atoms with van der Waals surface area (Å²) < 4.78 is 13.6. The van der Waals surface area contributed by atoms with E-state index in [1.807, 2.05) is 0 Å². The first-order valence-corrected chi connectivity index (χ1v) is 6.50. The number of unbranched alkanes of at least 4 members (excludes halogenated alkanes) is 2. The Balaban J connectivity index is 2.64. The number of carbonyl (C=O) groups excluding carboxylic acids is 1. The molecular formula is C14H19FN2O3. The van der Waals surface area contributed by atoms with Crippen molar-refractivity contribution in [2.24, 2.45) is 0 Å². The van der Waals surface area contributed by atoms with Gasteiger partial charge < -0.3 is 15.3 Å². The molecule has 0 saturated heterocycles. The van der Waals surface area contributed by atoms with Crippen LogP contribution in [-0.2, 0) is 0 Å². The summed E-state index contributed by atoms with van der Waals surface area (Å²) in [7, 11) is 1.63. The molecule has 2 N–H and O–H groups in total. The van der Waals surface area contributed by atoms with E-state index < -0.39 is 17.8 Å². The van der Waals surface area contributed by atoms with Crippen LogP contribution in [0, 0.1) is 5.82 Å². The average molecular weight is 282 g/mol. The average Bonchev–Trinajstić information content (AvgIpc) is 2.40. The van der Waals surface area contributed by atoms with E-state index in [-0.39, 0.29) is 11.3 Å². The SMILES string of the molecule is CCCCCN(C)C(=O)Nc1ccc(C(=O)O)cc1F. The molecule has 110 valence electrons. The second kappa shape index (κ2) is 7.47. The molecule has 0 heterocycles. The number of nitrogens with zero attached hydrogens (tertiary/aromatic N) is 1. The molecule has 0 unspecified atom stereocenters. The quantitative estimate of drug-likeness (QED) is 0.787. The van der Waals surface area contributed by atoms with Gasteiger partial charge in [-0.2, -0.15) is 0 Å². The predicted octanol–water partition coefficient (Wildman–Crippen LogP) is 3.18. The van der Waals surface area contributed by atoms with Crippen molar-refractivity contribution in [2.45, 2.75) is 26.2 Å². The second-order valence-corrected chi connectivity index (χ2v) is 4.56. The van der Waals surface area contributed by atoms with Gasteiger partial charge in [-0.25, -0.2) is 14.0 Å². The number of urea groups is 1. The molecule has 0 aliphatic carbocycles. The first-order chi connectivity index (χ1) is 9.45. The third-order valence-corrected chi connectivity index (χ3v) is 2.90. The Kier molecular flexibility index (Phi) is 5.96. The van der Waals surface area contributed by atoms with Gasteiger partial charge in [0.1, 0.15) is 5.82 Å². The predicted molar refractivity (Wildman–Crippen MR) is 74.5 cm³/mol. The highest BCUT2D eigenvalue weighted by Crippen LogP contribution is 2.16. The molecule has 1 aromatic rings. The minimum atomic E-state index is -1.21. The van der Waals surface area contributed by atoms with Crippen LogP contribution in [0.25, 0.3) is 0 Å². The van der Waals surface area contributed by atoms with Crippen LogP contribution >= 0.6 is 0 Å². The number of halogens is 1. The Hall–Kier alpha value is -2.11. The fraction of sp³-hybridized carbons (Fsp3) is 0.429. The summed E-state index contributed by atoms with van der Waals surface area (Å²) in [4.78, 5) is 24.0. The molecule has 5 nitrogen and oxygen atoms in total. The summed E-state index contributed by atoms with van der Waals surface area (Å²) in [5.41, 5.74) is -0.181. The molecule has 0 spiro atoms. The van der Waals surface area contributed by atoms with Gasteiger partial charge in [0.05, 0.1) is 11.3 Å². The number of benzene rings is 1. The molecule has 0 aliphatic rings. The van der Waals surface area contributed by atoms with E-state index in [0.29, 0.717) is 6.54 Å². The van der Waals surface area contributed by atoms with Crippen LogP contribution in [0.5, 0.6) is 0 Å². The standard InChI is InChI=1S/C14H19FN2O3/c1-3-4-5-8-17(2)14(20)16-12-7-6-10(13(18)19)9-11(12)15/h6-7,9H,3-5,8H2,1-2H3,(H,16,20)(H,18,19). The summed E-state index contributed by atoms with van der Waals surface area (Å²) >= 11 is 0. The highest BCUT2D eigenvalue weighted by molar-refractivity contribution is 5.91. The smallest absolute Gasteiger partial charge is 0.335 e. The fourth-order valence-corrected chi connectivity index (χ4v) is 1.66. The third-order valence-electron chi connectivity index (χ3n) is 2.90. The third kappa shape index (κ3) is 4.53. The van der Waals surface area contributed by atoms with Crippen molar-refractivity contribution < 1.29 is 19.1 Å². The lowest BCUT2D eigenvalue weighted by molar-refractivity contribution is 0.0696. The van der Waals surface area contributed by atoms with Crippen LogP contribution in [0.4, 0.5) is 14.9 Å². The molecule has 0 fully saturated rings. The van der Waals surface area contributed by atoms with E-state index in [0.717, 1.165) is 25.3 Å². The van der Waals surface area contributed by atoms with Crippen LogP contribution in [-0.4, -0.2) is 35.6 Å². The molecule has 0 radical (unpaired) electrons. The number of nitrogens with one attached hydrogen (secondary N) is 1. The number of rotatable bonds is 6. The number of aromatic carboxylic acids is 1. The molecule has 2 amide bonds. The van der Waals surface area contributed by atoms with Gasteiger partial charge in [0.2, 0.25) is 0 Å². The summed E-state index contributed by atoms with van der Waals surface area (Å²) in [6.07, 6.45) is 2.97. The molecule has 1 rings (SSSR count). The highest BCUT2D eigenvalue weighted by atomic mass is 19.1. The van der Waals surface area contributed by atoms with E-state index >= 15 is 0 Å². The number of hydrogen-bond acceptors (Lipinski definition) is 2. The number of amides is 2. The molecule has 0 aliphatic heterocycles. The van der Waals surface area contributed by atoms with Crippen molar-refractivity contribution >= 4 is 17.7 Å². The Morgan fingerprint density at radius 3 is 2.60 bits per heavy atom.